The molecule has 0 bridgehead atoms. The van der Waals surface area contributed by atoms with Gasteiger partial charge >= 0.3 is 0 Å². The minimum atomic E-state index is -0.412. The molecule has 116 valence electrons. The van der Waals surface area contributed by atoms with Gasteiger partial charge in [0.1, 0.15) is 5.69 Å². The number of rotatable bonds is 5. The van der Waals surface area contributed by atoms with Crippen LogP contribution in [0.25, 0.3) is 10.9 Å². The van der Waals surface area contributed by atoms with E-state index in [4.69, 9.17) is 0 Å². The molecule has 1 aromatic carbocycles. The number of H-pyrrole nitrogens is 1. The minimum absolute atomic E-state index is 0.165. The number of hydrazone groups is 1. The van der Waals surface area contributed by atoms with E-state index in [0.717, 1.165) is 16.5 Å². The monoisotopic (exact) mass is 327 g/mol. The predicted octanol–water partition coefficient (Wildman–Crippen LogP) is 1.50. The Morgan fingerprint density at radius 2 is 2.22 bits per heavy atom. The van der Waals surface area contributed by atoms with Gasteiger partial charge in [-0.2, -0.15) is 5.10 Å². The number of hydrogen-bond donors (Lipinski definition) is 3. The largest absolute Gasteiger partial charge is 0.361 e. The number of thiazole rings is 1. The molecule has 7 nitrogen and oxygen atoms in total. The Kier molecular flexibility index (Phi) is 4.44. The molecule has 0 spiro atoms. The first-order chi connectivity index (χ1) is 11.2. The van der Waals surface area contributed by atoms with Crippen molar-refractivity contribution in [1.82, 2.24) is 20.7 Å². The number of nitrogens with zero attached hydrogens (tertiary/aromatic N) is 2. The van der Waals surface area contributed by atoms with Crippen molar-refractivity contribution < 1.29 is 9.59 Å². The van der Waals surface area contributed by atoms with Crippen LogP contribution >= 0.6 is 11.3 Å². The second-order valence-electron chi connectivity index (χ2n) is 4.64. The first-order valence-corrected chi connectivity index (χ1v) is 7.73. The summed E-state index contributed by atoms with van der Waals surface area (Å²) in [6.07, 6.45) is 3.36. The molecule has 0 atom stereocenters. The van der Waals surface area contributed by atoms with Gasteiger partial charge in [0.15, 0.2) is 0 Å². The SMILES string of the molecule is O=C(CNC(=O)c1cscn1)N/N=C/c1c[nH]c2ccccc12. The van der Waals surface area contributed by atoms with Gasteiger partial charge in [0.2, 0.25) is 0 Å². The van der Waals surface area contributed by atoms with Crippen molar-refractivity contribution in [3.63, 3.8) is 0 Å². The van der Waals surface area contributed by atoms with Gasteiger partial charge in [0, 0.05) is 28.0 Å². The van der Waals surface area contributed by atoms with Crippen molar-refractivity contribution in [3.05, 3.63) is 52.6 Å². The number of carbonyl (C=O) groups excluding carboxylic acids is 2. The third-order valence-corrected chi connectivity index (χ3v) is 3.68. The Balaban J connectivity index is 1.51. The summed E-state index contributed by atoms with van der Waals surface area (Å²) in [5.74, 6) is -0.799. The van der Waals surface area contributed by atoms with Crippen molar-refractivity contribution >= 4 is 40.3 Å². The molecule has 0 saturated carbocycles. The van der Waals surface area contributed by atoms with Crippen LogP contribution in [-0.2, 0) is 4.79 Å². The summed E-state index contributed by atoms with van der Waals surface area (Å²) >= 11 is 1.32. The van der Waals surface area contributed by atoms with Crippen LogP contribution < -0.4 is 10.7 Å². The van der Waals surface area contributed by atoms with Crippen molar-refractivity contribution in [1.29, 1.82) is 0 Å². The fraction of sp³-hybridized carbons (Fsp3) is 0.0667. The molecule has 2 heterocycles. The maximum absolute atomic E-state index is 11.6. The summed E-state index contributed by atoms with van der Waals surface area (Å²) in [4.78, 5) is 30.2. The molecule has 8 heteroatoms. The van der Waals surface area contributed by atoms with E-state index in [-0.39, 0.29) is 12.5 Å². The van der Waals surface area contributed by atoms with Crippen molar-refractivity contribution in [2.75, 3.05) is 6.54 Å². The summed E-state index contributed by atoms with van der Waals surface area (Å²) < 4.78 is 0. The molecule has 0 unspecified atom stereocenters. The highest BCUT2D eigenvalue weighted by Gasteiger charge is 2.08. The number of carbonyl (C=O) groups is 2. The lowest BCUT2D eigenvalue weighted by Crippen LogP contribution is -2.35. The van der Waals surface area contributed by atoms with Gasteiger partial charge in [0.05, 0.1) is 18.3 Å². The molecule has 0 saturated heterocycles. The number of aromatic nitrogens is 2. The van der Waals surface area contributed by atoms with Gasteiger partial charge in [-0.05, 0) is 6.07 Å². The molecule has 2 amide bonds. The molecule has 0 fully saturated rings. The van der Waals surface area contributed by atoms with Crippen LogP contribution in [0.5, 0.6) is 0 Å². The summed E-state index contributed by atoms with van der Waals surface area (Å²) in [7, 11) is 0. The molecular weight excluding hydrogens is 314 g/mol. The third-order valence-electron chi connectivity index (χ3n) is 3.09. The number of fused-ring (bicyclic) bond motifs is 1. The minimum Gasteiger partial charge on any atom is -0.361 e. The van der Waals surface area contributed by atoms with Gasteiger partial charge < -0.3 is 10.3 Å². The first kappa shape index (κ1) is 14.9. The van der Waals surface area contributed by atoms with E-state index in [2.05, 4.69) is 25.8 Å². The van der Waals surface area contributed by atoms with E-state index >= 15 is 0 Å². The van der Waals surface area contributed by atoms with Crippen LogP contribution in [-0.4, -0.2) is 34.5 Å². The zero-order valence-electron chi connectivity index (χ0n) is 11.9. The van der Waals surface area contributed by atoms with Crippen LogP contribution in [0.2, 0.25) is 0 Å². The number of aromatic amines is 1. The Morgan fingerprint density at radius 3 is 3.04 bits per heavy atom. The molecule has 3 N–H and O–H groups in total. The first-order valence-electron chi connectivity index (χ1n) is 6.78. The van der Waals surface area contributed by atoms with Crippen LogP contribution in [0.4, 0.5) is 0 Å². The molecule has 3 aromatic rings. The van der Waals surface area contributed by atoms with E-state index in [1.165, 1.54) is 11.3 Å². The zero-order valence-corrected chi connectivity index (χ0v) is 12.8. The Bertz CT molecular complexity index is 854. The smallest absolute Gasteiger partial charge is 0.271 e. The van der Waals surface area contributed by atoms with E-state index in [0.29, 0.717) is 5.69 Å². The normalized spacial score (nSPS) is 11.0. The molecular formula is C15H13N5O2S. The zero-order chi connectivity index (χ0) is 16.1. The number of amides is 2. The summed E-state index contributed by atoms with van der Waals surface area (Å²) in [5, 5.41) is 9.00. The maximum atomic E-state index is 11.6. The lowest BCUT2D eigenvalue weighted by atomic mass is 10.2. The van der Waals surface area contributed by atoms with E-state index in [9.17, 15) is 9.59 Å². The van der Waals surface area contributed by atoms with Crippen LogP contribution in [0.15, 0.2) is 46.5 Å². The molecule has 3 rings (SSSR count). The average molecular weight is 327 g/mol. The van der Waals surface area contributed by atoms with Gasteiger partial charge in [-0.1, -0.05) is 18.2 Å². The van der Waals surface area contributed by atoms with Gasteiger partial charge in [-0.25, -0.2) is 10.4 Å². The van der Waals surface area contributed by atoms with Crippen LogP contribution in [0.1, 0.15) is 16.1 Å². The average Bonchev–Trinajstić information content (AvgIpc) is 3.23. The highest BCUT2D eigenvalue weighted by atomic mass is 32.1. The molecule has 0 aliphatic heterocycles. The van der Waals surface area contributed by atoms with Crippen LogP contribution in [0, 0.1) is 0 Å². The van der Waals surface area contributed by atoms with Gasteiger partial charge in [-0.15, -0.1) is 11.3 Å². The second-order valence-corrected chi connectivity index (χ2v) is 5.36. The Labute approximate surface area is 135 Å². The van der Waals surface area contributed by atoms with E-state index in [1.54, 1.807) is 17.1 Å². The molecule has 2 aromatic heterocycles. The molecule has 0 aliphatic carbocycles. The second kappa shape index (κ2) is 6.84. The lowest BCUT2D eigenvalue weighted by molar-refractivity contribution is -0.120. The number of para-hydroxylation sites is 1. The number of nitrogens with one attached hydrogen (secondary N) is 3. The molecule has 0 radical (unpaired) electrons. The topological polar surface area (TPSA) is 99.2 Å². The maximum Gasteiger partial charge on any atom is 0.271 e. The summed E-state index contributed by atoms with van der Waals surface area (Å²) in [6, 6.07) is 7.79. The lowest BCUT2D eigenvalue weighted by Gasteiger charge is -2.01. The fourth-order valence-corrected chi connectivity index (χ4v) is 2.52. The van der Waals surface area contributed by atoms with Crippen LogP contribution in [0.3, 0.4) is 0 Å². The molecule has 23 heavy (non-hydrogen) atoms. The Hall–Kier alpha value is -3.00. The van der Waals surface area contributed by atoms with Gasteiger partial charge in [-0.3, -0.25) is 9.59 Å². The number of hydrogen-bond acceptors (Lipinski definition) is 5. The van der Waals surface area contributed by atoms with Crippen molar-refractivity contribution in [2.24, 2.45) is 5.10 Å². The number of benzene rings is 1. The van der Waals surface area contributed by atoms with E-state index in [1.807, 2.05) is 30.5 Å². The predicted molar refractivity (Wildman–Crippen MR) is 88.5 cm³/mol. The molecule has 0 aliphatic rings. The van der Waals surface area contributed by atoms with E-state index < -0.39 is 5.91 Å². The van der Waals surface area contributed by atoms with Gasteiger partial charge in [0.25, 0.3) is 11.8 Å². The highest BCUT2D eigenvalue weighted by Crippen LogP contribution is 2.15. The highest BCUT2D eigenvalue weighted by molar-refractivity contribution is 7.07. The van der Waals surface area contributed by atoms with Crippen molar-refractivity contribution in [2.45, 2.75) is 0 Å². The quantitative estimate of drug-likeness (QED) is 0.489. The Morgan fingerprint density at radius 1 is 1.35 bits per heavy atom. The third kappa shape index (κ3) is 3.61. The summed E-state index contributed by atoms with van der Waals surface area (Å²) in [5.41, 5.74) is 6.09. The standard InChI is InChI=1S/C15H13N5O2S/c21-14(7-17-15(22)13-8-23-9-18-13)20-19-6-10-5-16-12-4-2-1-3-11(10)12/h1-6,8-9,16H,7H2,(H,17,22)(H,20,21)/b19-6+. The fourth-order valence-electron chi connectivity index (χ4n) is 1.99. The van der Waals surface area contributed by atoms with Crippen molar-refractivity contribution in [3.8, 4) is 0 Å². The summed E-state index contributed by atoms with van der Waals surface area (Å²) in [6.45, 7) is -0.165.